The summed E-state index contributed by atoms with van der Waals surface area (Å²) in [4.78, 5) is 17.0. The molecule has 2 unspecified atom stereocenters. The Hall–Kier alpha value is -1.96. The maximum absolute atomic E-state index is 14.1. The molecular weight excluding hydrogens is 488 g/mol. The van der Waals surface area contributed by atoms with Crippen LogP contribution in [0, 0.1) is 5.92 Å². The number of halogens is 6. The molecule has 1 fully saturated rings. The quantitative estimate of drug-likeness (QED) is 0.485. The van der Waals surface area contributed by atoms with Crippen LogP contribution in [0.15, 0.2) is 41.6 Å². The second-order valence-electron chi connectivity index (χ2n) is 8.03. The maximum atomic E-state index is 14.1. The number of nitrogens with zero attached hydrogens (tertiary/aromatic N) is 1. The molecule has 0 radical (unpaired) electrons. The highest BCUT2D eigenvalue weighted by Gasteiger charge is 2.62. The van der Waals surface area contributed by atoms with E-state index in [1.165, 1.54) is 24.3 Å². The van der Waals surface area contributed by atoms with E-state index in [2.05, 4.69) is 10.5 Å². The van der Waals surface area contributed by atoms with Crippen LogP contribution in [-0.4, -0.2) is 17.8 Å². The van der Waals surface area contributed by atoms with E-state index in [0.29, 0.717) is 16.1 Å². The Morgan fingerprint density at radius 1 is 1.16 bits per heavy atom. The van der Waals surface area contributed by atoms with Crippen molar-refractivity contribution < 1.29 is 22.8 Å². The number of hydrogen-bond donors (Lipinski definition) is 1. The van der Waals surface area contributed by atoms with E-state index >= 15 is 0 Å². The largest absolute Gasteiger partial charge is 0.435 e. The molecule has 170 valence electrons. The molecule has 0 saturated heterocycles. The van der Waals surface area contributed by atoms with Crippen molar-refractivity contribution in [3.8, 4) is 0 Å². The van der Waals surface area contributed by atoms with Crippen molar-refractivity contribution in [1.29, 1.82) is 0 Å². The van der Waals surface area contributed by atoms with Crippen LogP contribution in [0.5, 0.6) is 0 Å². The Balaban J connectivity index is 1.59. The first-order valence-electron chi connectivity index (χ1n) is 9.89. The molecule has 1 N–H and O–H groups in total. The van der Waals surface area contributed by atoms with Gasteiger partial charge in [0.2, 0.25) is 5.91 Å². The molecule has 2 atom stereocenters. The number of oxime groups is 1. The van der Waals surface area contributed by atoms with Gasteiger partial charge in [-0.25, -0.2) is 0 Å². The second kappa shape index (κ2) is 8.43. The average molecular weight is 506 g/mol. The van der Waals surface area contributed by atoms with Crippen molar-refractivity contribution >= 4 is 46.4 Å². The van der Waals surface area contributed by atoms with Crippen molar-refractivity contribution in [1.82, 2.24) is 5.32 Å². The van der Waals surface area contributed by atoms with Crippen molar-refractivity contribution in [3.63, 3.8) is 0 Å². The van der Waals surface area contributed by atoms with Gasteiger partial charge < -0.3 is 10.2 Å². The first kappa shape index (κ1) is 23.2. The van der Waals surface area contributed by atoms with E-state index in [4.69, 9.17) is 39.6 Å². The Morgan fingerprint density at radius 2 is 1.81 bits per heavy atom. The molecule has 1 aliphatic carbocycles. The van der Waals surface area contributed by atoms with Gasteiger partial charge in [0.25, 0.3) is 5.60 Å². The normalized spacial score (nSPS) is 21.7. The topological polar surface area (TPSA) is 50.7 Å². The first-order valence-corrected chi connectivity index (χ1v) is 11.0. The Bertz CT molecular complexity index is 1080. The number of alkyl halides is 3. The fourth-order valence-corrected chi connectivity index (χ4v) is 4.53. The van der Waals surface area contributed by atoms with Crippen molar-refractivity contribution in [2.75, 3.05) is 0 Å². The predicted molar refractivity (Wildman–Crippen MR) is 117 cm³/mol. The van der Waals surface area contributed by atoms with Crippen LogP contribution in [0.4, 0.5) is 13.2 Å². The van der Waals surface area contributed by atoms with Gasteiger partial charge in [0.05, 0.1) is 11.8 Å². The third-order valence-electron chi connectivity index (χ3n) is 5.62. The zero-order valence-corrected chi connectivity index (χ0v) is 19.0. The minimum atomic E-state index is -4.78. The molecule has 0 bridgehead atoms. The molecule has 4 rings (SSSR count). The number of rotatable bonds is 5. The third-order valence-corrected chi connectivity index (χ3v) is 6.39. The highest BCUT2D eigenvalue weighted by Crippen LogP contribution is 2.49. The number of nitrogens with one attached hydrogen (secondary N) is 1. The summed E-state index contributed by atoms with van der Waals surface area (Å²) in [6, 6.07) is 8.14. The molecule has 1 heterocycles. The van der Waals surface area contributed by atoms with E-state index in [0.717, 1.165) is 12.8 Å². The van der Waals surface area contributed by atoms with E-state index < -0.39 is 18.2 Å². The lowest BCUT2D eigenvalue weighted by Crippen LogP contribution is -2.42. The third kappa shape index (κ3) is 4.43. The lowest BCUT2D eigenvalue weighted by Gasteiger charge is -2.29. The maximum Gasteiger partial charge on any atom is 0.435 e. The van der Waals surface area contributed by atoms with Crippen molar-refractivity contribution in [2.24, 2.45) is 11.1 Å². The van der Waals surface area contributed by atoms with Crippen LogP contribution >= 0.6 is 34.8 Å². The van der Waals surface area contributed by atoms with Crippen LogP contribution in [-0.2, 0) is 15.2 Å². The summed E-state index contributed by atoms with van der Waals surface area (Å²) in [5, 5.41) is 7.07. The Morgan fingerprint density at radius 3 is 2.38 bits per heavy atom. The lowest BCUT2D eigenvalue weighted by atomic mass is 9.86. The minimum Gasteiger partial charge on any atom is -0.374 e. The summed E-state index contributed by atoms with van der Waals surface area (Å²) in [5.41, 5.74) is -1.82. The molecule has 2 aromatic rings. The summed E-state index contributed by atoms with van der Waals surface area (Å²) in [6.07, 6.45) is -3.60. The van der Waals surface area contributed by atoms with Gasteiger partial charge in [-0.05, 0) is 49.6 Å². The zero-order valence-electron chi connectivity index (χ0n) is 16.8. The molecule has 1 saturated carbocycles. The molecule has 10 heteroatoms. The molecular formula is C22H18Cl3F3N2O2. The smallest absolute Gasteiger partial charge is 0.374 e. The van der Waals surface area contributed by atoms with E-state index in [-0.39, 0.29) is 39.2 Å². The summed E-state index contributed by atoms with van der Waals surface area (Å²) >= 11 is 18.3. The number of benzene rings is 2. The molecule has 1 amide bonds. The average Bonchev–Trinajstić information content (AvgIpc) is 3.44. The minimum absolute atomic E-state index is 0.0265. The van der Waals surface area contributed by atoms with Crippen molar-refractivity contribution in [2.45, 2.75) is 44.0 Å². The summed E-state index contributed by atoms with van der Waals surface area (Å²) in [5.74, 6) is 0.0253. The highest BCUT2D eigenvalue weighted by atomic mass is 35.5. The van der Waals surface area contributed by atoms with Gasteiger partial charge in [-0.1, -0.05) is 52.1 Å². The molecule has 4 nitrogen and oxygen atoms in total. The lowest BCUT2D eigenvalue weighted by molar-refractivity contribution is -0.275. The van der Waals surface area contributed by atoms with Gasteiger partial charge in [-0.3, -0.25) is 4.79 Å². The fraction of sp³-hybridized carbons (Fsp3) is 0.364. The van der Waals surface area contributed by atoms with Crippen LogP contribution < -0.4 is 5.32 Å². The Labute approximate surface area is 197 Å². The molecule has 2 aromatic carbocycles. The first-order chi connectivity index (χ1) is 15.0. The predicted octanol–water partition coefficient (Wildman–Crippen LogP) is 6.82. The van der Waals surface area contributed by atoms with Crippen LogP contribution in [0.1, 0.15) is 48.9 Å². The van der Waals surface area contributed by atoms with E-state index in [9.17, 15) is 18.0 Å². The van der Waals surface area contributed by atoms with Gasteiger partial charge in [0.1, 0.15) is 0 Å². The van der Waals surface area contributed by atoms with Gasteiger partial charge in [-0.2, -0.15) is 13.2 Å². The summed E-state index contributed by atoms with van der Waals surface area (Å²) in [6.45, 7) is 1.80. The number of hydrogen-bond acceptors (Lipinski definition) is 3. The molecule has 32 heavy (non-hydrogen) atoms. The standard InChI is InChI=1S/C22H18Cl3F3N2O2/c1-11(29-20(31)12-2-3-12)17-5-4-13(6-18(17)25)19-10-21(32-30-19,22(26,27)28)14-7-15(23)9-16(24)8-14/h4-9,11-12H,2-3,10H2,1H3,(H,29,31). The SMILES string of the molecule is CC(NC(=O)C1CC1)c1ccc(C2=NOC(c3cc(Cl)cc(Cl)c3)(C(F)(F)F)C2)cc1Cl. The van der Waals surface area contributed by atoms with Gasteiger partial charge in [-0.15, -0.1) is 0 Å². The zero-order chi connectivity index (χ0) is 23.3. The fourth-order valence-electron chi connectivity index (χ4n) is 3.66. The van der Waals surface area contributed by atoms with Gasteiger partial charge in [0, 0.05) is 38.5 Å². The van der Waals surface area contributed by atoms with Crippen LogP contribution in [0.3, 0.4) is 0 Å². The summed E-state index contributed by atoms with van der Waals surface area (Å²) in [7, 11) is 0. The number of amides is 1. The van der Waals surface area contributed by atoms with E-state index in [1.807, 2.05) is 0 Å². The molecule has 1 aliphatic heterocycles. The number of carbonyl (C=O) groups excluding carboxylic acids is 1. The molecule has 2 aliphatic rings. The molecule has 0 spiro atoms. The monoisotopic (exact) mass is 504 g/mol. The van der Waals surface area contributed by atoms with Gasteiger partial charge >= 0.3 is 6.18 Å². The van der Waals surface area contributed by atoms with E-state index in [1.54, 1.807) is 19.1 Å². The van der Waals surface area contributed by atoms with Gasteiger partial charge in [0.15, 0.2) is 0 Å². The Kier molecular flexibility index (Phi) is 6.11. The molecule has 0 aromatic heterocycles. The van der Waals surface area contributed by atoms with Crippen LogP contribution in [0.25, 0.3) is 0 Å². The summed E-state index contributed by atoms with van der Waals surface area (Å²) < 4.78 is 42.4. The number of carbonyl (C=O) groups is 1. The highest BCUT2D eigenvalue weighted by molar-refractivity contribution is 6.34. The van der Waals surface area contributed by atoms with Crippen LogP contribution in [0.2, 0.25) is 15.1 Å². The second-order valence-corrected chi connectivity index (χ2v) is 9.31. The van der Waals surface area contributed by atoms with Crippen molar-refractivity contribution in [3.05, 3.63) is 68.2 Å².